The monoisotopic (exact) mass is 361 g/mol. The Hall–Kier alpha value is -0.920. The molecule has 0 N–H and O–H groups in total. The molecule has 110 valence electrons. The number of carbonyl (C=O) groups excluding carboxylic acids is 1. The van der Waals surface area contributed by atoms with Gasteiger partial charge in [0.1, 0.15) is 4.83 Å². The van der Waals surface area contributed by atoms with E-state index in [4.69, 9.17) is 0 Å². The number of methoxy groups -OCH3 is 1. The zero-order valence-electron chi connectivity index (χ0n) is 11.1. The van der Waals surface area contributed by atoms with E-state index < -0.39 is 20.8 Å². The van der Waals surface area contributed by atoms with Crippen LogP contribution in [0.15, 0.2) is 29.2 Å². The van der Waals surface area contributed by atoms with E-state index in [0.29, 0.717) is 18.7 Å². The maximum absolute atomic E-state index is 12.4. The van der Waals surface area contributed by atoms with Crippen molar-refractivity contribution in [3.8, 4) is 0 Å². The molecule has 5 nitrogen and oxygen atoms in total. The number of ether oxygens (including phenoxy) is 1. The molecule has 1 aliphatic heterocycles. The van der Waals surface area contributed by atoms with Crippen LogP contribution in [0.3, 0.4) is 0 Å². The minimum atomic E-state index is -3.47. The van der Waals surface area contributed by atoms with E-state index in [1.807, 2.05) is 0 Å². The van der Waals surface area contributed by atoms with Crippen molar-refractivity contribution in [3.63, 3.8) is 0 Å². The van der Waals surface area contributed by atoms with E-state index in [1.54, 1.807) is 18.2 Å². The van der Waals surface area contributed by atoms with Gasteiger partial charge in [-0.05, 0) is 30.5 Å². The third-order valence-electron chi connectivity index (χ3n) is 3.26. The quantitative estimate of drug-likeness (QED) is 0.608. The highest BCUT2D eigenvalue weighted by Crippen LogP contribution is 2.28. The highest BCUT2D eigenvalue weighted by atomic mass is 79.9. The van der Waals surface area contributed by atoms with Crippen LogP contribution in [0, 0.1) is 0 Å². The molecule has 0 radical (unpaired) electrons. The number of nitrogens with zero attached hydrogens (tertiary/aromatic N) is 1. The van der Waals surface area contributed by atoms with Crippen LogP contribution in [0.25, 0.3) is 0 Å². The van der Waals surface area contributed by atoms with Gasteiger partial charge >= 0.3 is 5.97 Å². The lowest BCUT2D eigenvalue weighted by Crippen LogP contribution is -2.28. The number of rotatable bonds is 4. The molecule has 1 aromatic rings. The van der Waals surface area contributed by atoms with Crippen LogP contribution in [0.2, 0.25) is 0 Å². The summed E-state index contributed by atoms with van der Waals surface area (Å²) in [5.41, 5.74) is 0.567. The molecule has 1 aromatic carbocycles. The number of hydrogen-bond donors (Lipinski definition) is 0. The number of hydrogen-bond acceptors (Lipinski definition) is 4. The summed E-state index contributed by atoms with van der Waals surface area (Å²) in [6.07, 6.45) is 1.78. The Balaban J connectivity index is 2.32. The van der Waals surface area contributed by atoms with Crippen LogP contribution in [0.5, 0.6) is 0 Å². The minimum absolute atomic E-state index is 0.213. The molecule has 20 heavy (non-hydrogen) atoms. The van der Waals surface area contributed by atoms with Crippen molar-refractivity contribution in [2.24, 2.45) is 0 Å². The average Bonchev–Trinajstić information content (AvgIpc) is 3.00. The number of halogens is 1. The van der Waals surface area contributed by atoms with Gasteiger partial charge in [-0.3, -0.25) is 4.79 Å². The van der Waals surface area contributed by atoms with Crippen LogP contribution in [0.4, 0.5) is 0 Å². The van der Waals surface area contributed by atoms with Gasteiger partial charge in [0.25, 0.3) is 0 Å². The molecule has 0 spiro atoms. The summed E-state index contributed by atoms with van der Waals surface area (Å²) >= 11 is 3.21. The topological polar surface area (TPSA) is 63.7 Å². The Morgan fingerprint density at radius 1 is 1.35 bits per heavy atom. The van der Waals surface area contributed by atoms with Gasteiger partial charge in [0.05, 0.1) is 12.0 Å². The number of alkyl halides is 1. The molecule has 0 aromatic heterocycles. The molecule has 0 bridgehead atoms. The standard InChI is InChI=1S/C13H16BrNO4S/c1-19-13(16)12(14)10-5-4-6-11(9-10)20(17,18)15-7-2-3-8-15/h4-6,9,12H,2-3,7-8H2,1H3. The van der Waals surface area contributed by atoms with E-state index in [1.165, 1.54) is 17.5 Å². The second-order valence-corrected chi connectivity index (χ2v) is 7.42. The smallest absolute Gasteiger partial charge is 0.323 e. The first kappa shape index (κ1) is 15.5. The van der Waals surface area contributed by atoms with Gasteiger partial charge < -0.3 is 4.74 Å². The first-order valence-electron chi connectivity index (χ1n) is 6.29. The van der Waals surface area contributed by atoms with Crippen molar-refractivity contribution >= 4 is 31.9 Å². The fraction of sp³-hybridized carbons (Fsp3) is 0.462. The Labute approximate surface area is 127 Å². The molecule has 1 aliphatic rings. The molecule has 1 unspecified atom stereocenters. The molecule has 0 saturated carbocycles. The Bertz CT molecular complexity index is 596. The van der Waals surface area contributed by atoms with Crippen LogP contribution in [-0.4, -0.2) is 38.9 Å². The lowest BCUT2D eigenvalue weighted by atomic mass is 10.1. The molecule has 1 heterocycles. The number of esters is 1. The van der Waals surface area contributed by atoms with Gasteiger partial charge in [0.2, 0.25) is 10.0 Å². The van der Waals surface area contributed by atoms with Gasteiger partial charge in [0, 0.05) is 13.1 Å². The summed E-state index contributed by atoms with van der Waals surface area (Å²) in [5.74, 6) is -0.458. The predicted molar refractivity (Wildman–Crippen MR) is 78.1 cm³/mol. The number of benzene rings is 1. The van der Waals surface area contributed by atoms with Gasteiger partial charge in [-0.15, -0.1) is 0 Å². The summed E-state index contributed by atoms with van der Waals surface area (Å²) < 4.78 is 31.0. The summed E-state index contributed by atoms with van der Waals surface area (Å²) in [4.78, 5) is 11.0. The molecule has 7 heteroatoms. The zero-order valence-corrected chi connectivity index (χ0v) is 13.5. The Kier molecular flexibility index (Phi) is 4.82. The predicted octanol–water partition coefficient (Wildman–Crippen LogP) is 2.08. The Morgan fingerprint density at radius 2 is 2.00 bits per heavy atom. The van der Waals surface area contributed by atoms with Gasteiger partial charge in [-0.25, -0.2) is 8.42 Å². The van der Waals surface area contributed by atoms with Crippen LogP contribution >= 0.6 is 15.9 Å². The van der Waals surface area contributed by atoms with E-state index in [0.717, 1.165) is 12.8 Å². The minimum Gasteiger partial charge on any atom is -0.468 e. The molecular formula is C13H16BrNO4S. The second-order valence-electron chi connectivity index (χ2n) is 4.57. The molecule has 1 atom stereocenters. The first-order chi connectivity index (χ1) is 9.46. The summed E-state index contributed by atoms with van der Waals surface area (Å²) in [6.45, 7) is 1.11. The van der Waals surface area contributed by atoms with Crippen LogP contribution in [-0.2, 0) is 19.6 Å². The number of carbonyl (C=O) groups is 1. The maximum Gasteiger partial charge on any atom is 0.323 e. The second kappa shape index (κ2) is 6.24. The largest absolute Gasteiger partial charge is 0.468 e. The van der Waals surface area contributed by atoms with Crippen LogP contribution < -0.4 is 0 Å². The zero-order chi connectivity index (χ0) is 14.8. The first-order valence-corrected chi connectivity index (χ1v) is 8.64. The van der Waals surface area contributed by atoms with Crippen molar-refractivity contribution in [2.75, 3.05) is 20.2 Å². The molecule has 1 saturated heterocycles. The fourth-order valence-corrected chi connectivity index (χ4v) is 4.19. The average molecular weight is 362 g/mol. The third kappa shape index (κ3) is 3.05. The van der Waals surface area contributed by atoms with E-state index in [2.05, 4.69) is 20.7 Å². The van der Waals surface area contributed by atoms with E-state index >= 15 is 0 Å². The lowest BCUT2D eigenvalue weighted by Gasteiger charge is -2.16. The van der Waals surface area contributed by atoms with Gasteiger partial charge in [-0.1, -0.05) is 28.1 Å². The summed E-state index contributed by atoms with van der Waals surface area (Å²) in [5, 5.41) is 0. The van der Waals surface area contributed by atoms with Crippen LogP contribution in [0.1, 0.15) is 23.2 Å². The van der Waals surface area contributed by atoms with E-state index in [9.17, 15) is 13.2 Å². The van der Waals surface area contributed by atoms with Crippen molar-refractivity contribution in [1.29, 1.82) is 0 Å². The Morgan fingerprint density at radius 3 is 2.60 bits per heavy atom. The van der Waals surface area contributed by atoms with Crippen molar-refractivity contribution in [3.05, 3.63) is 29.8 Å². The molecule has 2 rings (SSSR count). The SMILES string of the molecule is COC(=O)C(Br)c1cccc(S(=O)(=O)N2CCCC2)c1. The summed E-state index contributed by atoms with van der Waals surface area (Å²) in [7, 11) is -2.17. The van der Waals surface area contributed by atoms with Crippen molar-refractivity contribution in [1.82, 2.24) is 4.31 Å². The maximum atomic E-state index is 12.4. The van der Waals surface area contributed by atoms with Crippen molar-refractivity contribution in [2.45, 2.75) is 22.6 Å². The highest BCUT2D eigenvalue weighted by Gasteiger charge is 2.28. The highest BCUT2D eigenvalue weighted by molar-refractivity contribution is 9.09. The summed E-state index contributed by atoms with van der Waals surface area (Å²) in [6, 6.07) is 6.40. The molecule has 0 aliphatic carbocycles. The normalized spacial score (nSPS) is 17.9. The molecule has 0 amide bonds. The van der Waals surface area contributed by atoms with Gasteiger partial charge in [-0.2, -0.15) is 4.31 Å². The van der Waals surface area contributed by atoms with Crippen molar-refractivity contribution < 1.29 is 17.9 Å². The number of sulfonamides is 1. The lowest BCUT2D eigenvalue weighted by molar-refractivity contribution is -0.139. The fourth-order valence-electron chi connectivity index (χ4n) is 2.15. The molecular weight excluding hydrogens is 346 g/mol. The van der Waals surface area contributed by atoms with E-state index in [-0.39, 0.29) is 4.90 Å². The molecule has 1 fully saturated rings. The van der Waals surface area contributed by atoms with Gasteiger partial charge in [0.15, 0.2) is 0 Å². The third-order valence-corrected chi connectivity index (χ3v) is 6.06.